The molecule has 0 spiro atoms. The fourth-order valence-electron chi connectivity index (χ4n) is 3.86. The number of likely N-dealkylation sites (tertiary alicyclic amines) is 1. The van der Waals surface area contributed by atoms with E-state index in [2.05, 4.69) is 20.1 Å². The summed E-state index contributed by atoms with van der Waals surface area (Å²) in [6.07, 6.45) is 5.12. The number of amides is 1. The van der Waals surface area contributed by atoms with Crippen LogP contribution in [-0.2, 0) is 6.42 Å². The van der Waals surface area contributed by atoms with Crippen molar-refractivity contribution in [2.24, 2.45) is 0 Å². The van der Waals surface area contributed by atoms with Crippen molar-refractivity contribution in [3.05, 3.63) is 57.2 Å². The number of aromatic amines is 1. The van der Waals surface area contributed by atoms with E-state index in [1.54, 1.807) is 12.3 Å². The molecule has 4 rings (SSSR count). The Kier molecular flexibility index (Phi) is 4.70. The van der Waals surface area contributed by atoms with Crippen LogP contribution in [0.2, 0.25) is 0 Å². The van der Waals surface area contributed by atoms with Crippen molar-refractivity contribution >= 4 is 11.6 Å². The monoisotopic (exact) mass is 380 g/mol. The van der Waals surface area contributed by atoms with Gasteiger partial charge in [0, 0.05) is 30.6 Å². The number of carbonyl (C=O) groups excluding carboxylic acids is 1. The number of H-pyrrole nitrogens is 1. The van der Waals surface area contributed by atoms with Crippen LogP contribution in [-0.4, -0.2) is 41.9 Å². The molecule has 0 saturated carbocycles. The van der Waals surface area contributed by atoms with Gasteiger partial charge in [-0.15, -0.1) is 0 Å². The first-order valence-electron chi connectivity index (χ1n) is 9.70. The largest absolute Gasteiger partial charge is 0.330 e. The summed E-state index contributed by atoms with van der Waals surface area (Å²) in [5.74, 6) is 0.576. The molecule has 1 saturated heterocycles. The number of nitrogens with zero attached hydrogens (tertiary/aromatic N) is 5. The van der Waals surface area contributed by atoms with Crippen LogP contribution >= 0.6 is 0 Å². The van der Waals surface area contributed by atoms with Gasteiger partial charge < -0.3 is 4.90 Å². The third kappa shape index (κ3) is 3.19. The molecular formula is C20H24N6O2. The van der Waals surface area contributed by atoms with Gasteiger partial charge in [-0.25, -0.2) is 19.5 Å². The minimum Gasteiger partial charge on any atom is -0.330 e. The highest BCUT2D eigenvalue weighted by molar-refractivity contribution is 5.95. The van der Waals surface area contributed by atoms with Gasteiger partial charge in [0.05, 0.1) is 23.0 Å². The van der Waals surface area contributed by atoms with Gasteiger partial charge in [-0.2, -0.15) is 0 Å². The number of carbonyl (C=O) groups is 1. The molecule has 3 aromatic rings. The van der Waals surface area contributed by atoms with Gasteiger partial charge >= 0.3 is 0 Å². The molecule has 0 radical (unpaired) electrons. The van der Waals surface area contributed by atoms with Crippen LogP contribution in [0.5, 0.6) is 0 Å². The quantitative estimate of drug-likeness (QED) is 0.752. The average Bonchev–Trinajstić information content (AvgIpc) is 3.12. The number of hydrogen-bond acceptors (Lipinski definition) is 5. The van der Waals surface area contributed by atoms with Crippen LogP contribution in [0.1, 0.15) is 65.5 Å². The number of aromatic nitrogens is 5. The molecule has 3 aromatic heterocycles. The first-order chi connectivity index (χ1) is 13.5. The first kappa shape index (κ1) is 18.3. The van der Waals surface area contributed by atoms with Crippen molar-refractivity contribution in [2.75, 3.05) is 6.54 Å². The smallest absolute Gasteiger partial charge is 0.272 e. The van der Waals surface area contributed by atoms with E-state index in [0.29, 0.717) is 35.7 Å². The maximum absolute atomic E-state index is 13.2. The Bertz CT molecular complexity index is 1100. The molecule has 0 unspecified atom stereocenters. The average molecular weight is 380 g/mol. The highest BCUT2D eigenvalue weighted by Gasteiger charge is 2.31. The summed E-state index contributed by atoms with van der Waals surface area (Å²) in [5.41, 5.74) is 3.26. The maximum Gasteiger partial charge on any atom is 0.272 e. The zero-order valence-corrected chi connectivity index (χ0v) is 16.4. The fraction of sp³-hybridized carbons (Fsp3) is 0.450. The number of fused-ring (bicyclic) bond motifs is 1. The molecule has 1 aliphatic rings. The molecule has 8 heteroatoms. The normalized spacial score (nSPS) is 17.2. The molecule has 0 bridgehead atoms. The minimum absolute atomic E-state index is 0.0737. The third-order valence-electron chi connectivity index (χ3n) is 5.34. The van der Waals surface area contributed by atoms with Gasteiger partial charge in [0.1, 0.15) is 5.82 Å². The Morgan fingerprint density at radius 1 is 1.25 bits per heavy atom. The van der Waals surface area contributed by atoms with E-state index in [-0.39, 0.29) is 17.5 Å². The van der Waals surface area contributed by atoms with Crippen LogP contribution in [0.25, 0.3) is 5.65 Å². The van der Waals surface area contributed by atoms with Crippen LogP contribution in [0.3, 0.4) is 0 Å². The zero-order valence-electron chi connectivity index (χ0n) is 16.4. The van der Waals surface area contributed by atoms with Gasteiger partial charge in [0.2, 0.25) is 0 Å². The molecule has 1 amide bonds. The fourth-order valence-corrected chi connectivity index (χ4v) is 3.86. The molecule has 1 atom stereocenters. The number of hydrogen-bond donors (Lipinski definition) is 1. The van der Waals surface area contributed by atoms with Crippen LogP contribution in [0.4, 0.5) is 0 Å². The number of piperidine rings is 1. The van der Waals surface area contributed by atoms with Crippen molar-refractivity contribution < 1.29 is 4.79 Å². The molecule has 0 aromatic carbocycles. The molecule has 1 fully saturated rings. The topological polar surface area (TPSA) is 96.2 Å². The molecule has 28 heavy (non-hydrogen) atoms. The van der Waals surface area contributed by atoms with E-state index in [1.807, 2.05) is 31.7 Å². The number of nitrogens with one attached hydrogen (secondary N) is 1. The van der Waals surface area contributed by atoms with Gasteiger partial charge in [-0.05, 0) is 39.5 Å². The van der Waals surface area contributed by atoms with Gasteiger partial charge in [0.15, 0.2) is 5.65 Å². The Morgan fingerprint density at radius 3 is 2.82 bits per heavy atom. The van der Waals surface area contributed by atoms with Gasteiger partial charge in [-0.1, -0.05) is 6.92 Å². The van der Waals surface area contributed by atoms with E-state index < -0.39 is 0 Å². The van der Waals surface area contributed by atoms with E-state index in [0.717, 1.165) is 30.7 Å². The summed E-state index contributed by atoms with van der Waals surface area (Å²) in [4.78, 5) is 40.5. The van der Waals surface area contributed by atoms with Crippen molar-refractivity contribution in [1.82, 2.24) is 29.5 Å². The molecule has 1 aliphatic heterocycles. The predicted molar refractivity (Wildman–Crippen MR) is 104 cm³/mol. The molecule has 4 heterocycles. The minimum atomic E-state index is -0.135. The number of aryl methyl sites for hydroxylation is 3. The second kappa shape index (κ2) is 7.18. The van der Waals surface area contributed by atoms with Crippen LogP contribution in [0, 0.1) is 13.8 Å². The zero-order chi connectivity index (χ0) is 19.8. The van der Waals surface area contributed by atoms with Gasteiger partial charge in [0.25, 0.3) is 11.5 Å². The summed E-state index contributed by atoms with van der Waals surface area (Å²) in [6, 6.07) is 3.30. The molecule has 1 N–H and O–H groups in total. The van der Waals surface area contributed by atoms with E-state index >= 15 is 0 Å². The molecule has 8 nitrogen and oxygen atoms in total. The lowest BCUT2D eigenvalue weighted by molar-refractivity contribution is 0.0604. The van der Waals surface area contributed by atoms with Crippen LogP contribution in [0.15, 0.2) is 23.1 Å². The Morgan fingerprint density at radius 2 is 2.07 bits per heavy atom. The Balaban J connectivity index is 1.73. The lowest BCUT2D eigenvalue weighted by Gasteiger charge is -2.35. The Labute approximate surface area is 162 Å². The maximum atomic E-state index is 13.2. The van der Waals surface area contributed by atoms with Crippen molar-refractivity contribution in [2.45, 2.75) is 52.5 Å². The Hall–Kier alpha value is -3.03. The van der Waals surface area contributed by atoms with Crippen LogP contribution < -0.4 is 5.56 Å². The highest BCUT2D eigenvalue weighted by atomic mass is 16.2. The SMILES string of the molecule is CCc1cc(=O)n2[nH]c([C@H]3CCCCN3C(=O)c3cnc(C)nc3C)cc2n1. The summed E-state index contributed by atoms with van der Waals surface area (Å²) in [5, 5.41) is 3.16. The summed E-state index contributed by atoms with van der Waals surface area (Å²) in [7, 11) is 0. The second-order valence-electron chi connectivity index (χ2n) is 7.27. The summed E-state index contributed by atoms with van der Waals surface area (Å²) >= 11 is 0. The van der Waals surface area contributed by atoms with Crippen molar-refractivity contribution in [1.29, 1.82) is 0 Å². The van der Waals surface area contributed by atoms with E-state index in [1.165, 1.54) is 4.52 Å². The lowest BCUT2D eigenvalue weighted by Crippen LogP contribution is -2.39. The second-order valence-corrected chi connectivity index (χ2v) is 7.27. The summed E-state index contributed by atoms with van der Waals surface area (Å²) < 4.78 is 1.45. The summed E-state index contributed by atoms with van der Waals surface area (Å²) in [6.45, 7) is 6.28. The van der Waals surface area contributed by atoms with Crippen molar-refractivity contribution in [3.63, 3.8) is 0 Å². The first-order valence-corrected chi connectivity index (χ1v) is 9.70. The van der Waals surface area contributed by atoms with E-state index in [9.17, 15) is 9.59 Å². The van der Waals surface area contributed by atoms with E-state index in [4.69, 9.17) is 0 Å². The standard InChI is InChI=1S/C20H24N6O2/c1-4-14-9-19(27)26-18(23-14)10-16(24-26)17-7-5-6-8-25(17)20(28)15-11-21-13(3)22-12(15)2/h9-11,17,24H,4-8H2,1-3H3/t17-/m1/s1. The molecule has 0 aliphatic carbocycles. The molecular weight excluding hydrogens is 356 g/mol. The number of rotatable bonds is 3. The third-order valence-corrected chi connectivity index (χ3v) is 5.34. The van der Waals surface area contributed by atoms with Gasteiger partial charge in [-0.3, -0.25) is 14.7 Å². The predicted octanol–water partition coefficient (Wildman–Crippen LogP) is 2.36. The van der Waals surface area contributed by atoms with Crippen molar-refractivity contribution in [3.8, 4) is 0 Å². The molecule has 146 valence electrons. The lowest BCUT2D eigenvalue weighted by atomic mass is 9.98. The highest BCUT2D eigenvalue weighted by Crippen LogP contribution is 2.32.